The van der Waals surface area contributed by atoms with Gasteiger partial charge in [0.25, 0.3) is 5.91 Å². The first kappa shape index (κ1) is 17.6. The maximum Gasteiger partial charge on any atom is 0.335 e. The molecular weight excluding hydrogens is 357 g/mol. The molecule has 2 aromatic carbocycles. The summed E-state index contributed by atoms with van der Waals surface area (Å²) in [6, 6.07) is 11.8. The SMILES string of the molecule is O=C(O)c1cccc(Sc2ncc(C(=O)Nc3ccc(F)cc3)cn2)c1. The van der Waals surface area contributed by atoms with Crippen LogP contribution in [0.15, 0.2) is 71.0 Å². The molecule has 0 unspecified atom stereocenters. The van der Waals surface area contributed by atoms with Gasteiger partial charge in [-0.25, -0.2) is 19.2 Å². The third kappa shape index (κ3) is 4.42. The predicted molar refractivity (Wildman–Crippen MR) is 93.9 cm³/mol. The van der Waals surface area contributed by atoms with Crippen molar-refractivity contribution in [2.45, 2.75) is 10.1 Å². The van der Waals surface area contributed by atoms with E-state index in [9.17, 15) is 14.0 Å². The van der Waals surface area contributed by atoms with Crippen LogP contribution >= 0.6 is 11.8 Å². The van der Waals surface area contributed by atoms with Gasteiger partial charge >= 0.3 is 5.97 Å². The topological polar surface area (TPSA) is 92.2 Å². The Morgan fingerprint density at radius 2 is 1.69 bits per heavy atom. The van der Waals surface area contributed by atoms with Crippen LogP contribution in [0, 0.1) is 5.82 Å². The van der Waals surface area contributed by atoms with Crippen LogP contribution in [0.3, 0.4) is 0 Å². The summed E-state index contributed by atoms with van der Waals surface area (Å²) >= 11 is 1.19. The Kier molecular flexibility index (Phi) is 5.23. The number of carbonyl (C=O) groups excluding carboxylic acids is 1. The fraction of sp³-hybridized carbons (Fsp3) is 0. The summed E-state index contributed by atoms with van der Waals surface area (Å²) in [7, 11) is 0. The minimum Gasteiger partial charge on any atom is -0.478 e. The van der Waals surface area contributed by atoms with E-state index in [2.05, 4.69) is 15.3 Å². The molecule has 6 nitrogen and oxygen atoms in total. The van der Waals surface area contributed by atoms with Crippen LogP contribution in [-0.2, 0) is 0 Å². The molecule has 0 aliphatic rings. The van der Waals surface area contributed by atoms with Crippen LogP contribution in [-0.4, -0.2) is 27.0 Å². The number of aromatic carboxylic acids is 1. The van der Waals surface area contributed by atoms with Crippen molar-refractivity contribution in [3.05, 3.63) is 77.9 Å². The van der Waals surface area contributed by atoms with Gasteiger partial charge in [-0.05, 0) is 54.2 Å². The molecule has 1 heterocycles. The van der Waals surface area contributed by atoms with Crippen molar-refractivity contribution in [2.75, 3.05) is 5.32 Å². The summed E-state index contributed by atoms with van der Waals surface area (Å²) in [5, 5.41) is 12.0. The number of rotatable bonds is 5. The molecule has 0 atom stereocenters. The van der Waals surface area contributed by atoms with Crippen LogP contribution in [0.2, 0.25) is 0 Å². The zero-order chi connectivity index (χ0) is 18.5. The molecule has 0 saturated heterocycles. The van der Waals surface area contributed by atoms with E-state index in [1.807, 2.05) is 0 Å². The molecule has 1 aromatic heterocycles. The lowest BCUT2D eigenvalue weighted by Gasteiger charge is -2.05. The molecule has 0 aliphatic heterocycles. The molecule has 3 aromatic rings. The van der Waals surface area contributed by atoms with E-state index in [0.29, 0.717) is 15.7 Å². The second-order valence-electron chi connectivity index (χ2n) is 5.15. The number of benzene rings is 2. The Morgan fingerprint density at radius 1 is 1.00 bits per heavy atom. The van der Waals surface area contributed by atoms with Gasteiger partial charge in [0.1, 0.15) is 5.82 Å². The summed E-state index contributed by atoms with van der Waals surface area (Å²) in [6.07, 6.45) is 2.74. The van der Waals surface area contributed by atoms with Crippen molar-refractivity contribution < 1.29 is 19.1 Å². The summed E-state index contributed by atoms with van der Waals surface area (Å²) in [6.45, 7) is 0. The van der Waals surface area contributed by atoms with E-state index < -0.39 is 11.9 Å². The van der Waals surface area contributed by atoms with Crippen LogP contribution in [0.4, 0.5) is 10.1 Å². The van der Waals surface area contributed by atoms with Crippen molar-refractivity contribution in [2.24, 2.45) is 0 Å². The Bertz CT molecular complexity index is 947. The first-order valence-corrected chi connectivity index (χ1v) is 8.23. The lowest BCUT2D eigenvalue weighted by Crippen LogP contribution is -2.12. The normalized spacial score (nSPS) is 10.3. The molecule has 8 heteroatoms. The van der Waals surface area contributed by atoms with Crippen molar-refractivity contribution >= 4 is 29.3 Å². The lowest BCUT2D eigenvalue weighted by atomic mass is 10.2. The first-order chi connectivity index (χ1) is 12.5. The number of halogens is 1. The molecule has 0 spiro atoms. The van der Waals surface area contributed by atoms with Gasteiger partial charge in [0.2, 0.25) is 0 Å². The van der Waals surface area contributed by atoms with E-state index in [0.717, 1.165) is 0 Å². The Hall–Kier alpha value is -3.26. The summed E-state index contributed by atoms with van der Waals surface area (Å²) in [5.74, 6) is -1.82. The Labute approximate surface area is 152 Å². The summed E-state index contributed by atoms with van der Waals surface area (Å²) < 4.78 is 12.9. The number of carboxylic acids is 1. The van der Waals surface area contributed by atoms with Gasteiger partial charge in [-0.2, -0.15) is 0 Å². The Morgan fingerprint density at radius 3 is 2.35 bits per heavy atom. The molecule has 0 saturated carbocycles. The van der Waals surface area contributed by atoms with Crippen LogP contribution < -0.4 is 5.32 Å². The van der Waals surface area contributed by atoms with Crippen LogP contribution in [0.1, 0.15) is 20.7 Å². The smallest absolute Gasteiger partial charge is 0.335 e. The van der Waals surface area contributed by atoms with Crippen molar-refractivity contribution in [1.29, 1.82) is 0 Å². The van der Waals surface area contributed by atoms with E-state index in [4.69, 9.17) is 5.11 Å². The molecule has 2 N–H and O–H groups in total. The van der Waals surface area contributed by atoms with Crippen molar-refractivity contribution in [1.82, 2.24) is 9.97 Å². The third-order valence-electron chi connectivity index (χ3n) is 3.28. The van der Waals surface area contributed by atoms with Crippen LogP contribution in [0.5, 0.6) is 0 Å². The third-order valence-corrected chi connectivity index (χ3v) is 4.17. The number of hydrogen-bond donors (Lipinski definition) is 2. The second kappa shape index (κ2) is 7.75. The molecule has 3 rings (SSSR count). The number of aromatic nitrogens is 2. The highest BCUT2D eigenvalue weighted by atomic mass is 32.2. The number of anilines is 1. The van der Waals surface area contributed by atoms with E-state index >= 15 is 0 Å². The molecule has 26 heavy (non-hydrogen) atoms. The van der Waals surface area contributed by atoms with Gasteiger partial charge in [-0.3, -0.25) is 4.79 Å². The quantitative estimate of drug-likeness (QED) is 0.666. The number of amides is 1. The standard InChI is InChI=1S/C18H12FN3O3S/c19-13-4-6-14(7-5-13)22-16(23)12-9-20-18(21-10-12)26-15-3-1-2-11(8-15)17(24)25/h1-10H,(H,22,23)(H,24,25). The van der Waals surface area contributed by atoms with Gasteiger partial charge in [0.05, 0.1) is 11.1 Å². The molecule has 0 bridgehead atoms. The number of carboxylic acid groups (broad SMARTS) is 1. The number of hydrogen-bond acceptors (Lipinski definition) is 5. The highest BCUT2D eigenvalue weighted by molar-refractivity contribution is 7.99. The predicted octanol–water partition coefficient (Wildman–Crippen LogP) is 3.72. The molecule has 0 radical (unpaired) electrons. The van der Waals surface area contributed by atoms with Gasteiger partial charge in [-0.1, -0.05) is 6.07 Å². The fourth-order valence-electron chi connectivity index (χ4n) is 2.02. The Balaban J connectivity index is 1.68. The van der Waals surface area contributed by atoms with Gasteiger partial charge in [0.15, 0.2) is 5.16 Å². The molecule has 0 aliphatic carbocycles. The van der Waals surface area contributed by atoms with Gasteiger partial charge < -0.3 is 10.4 Å². The van der Waals surface area contributed by atoms with Crippen molar-refractivity contribution in [3.8, 4) is 0 Å². The average Bonchev–Trinajstić information content (AvgIpc) is 2.64. The zero-order valence-corrected chi connectivity index (χ0v) is 14.0. The minimum absolute atomic E-state index is 0.172. The maximum absolute atomic E-state index is 12.9. The van der Waals surface area contributed by atoms with Crippen LogP contribution in [0.25, 0.3) is 0 Å². The van der Waals surface area contributed by atoms with Gasteiger partial charge in [-0.15, -0.1) is 0 Å². The lowest BCUT2D eigenvalue weighted by molar-refractivity contribution is 0.0696. The van der Waals surface area contributed by atoms with Gasteiger partial charge in [0, 0.05) is 23.0 Å². The molecule has 0 fully saturated rings. The fourth-order valence-corrected chi connectivity index (χ4v) is 2.77. The first-order valence-electron chi connectivity index (χ1n) is 7.41. The highest BCUT2D eigenvalue weighted by Gasteiger charge is 2.10. The van der Waals surface area contributed by atoms with Crippen molar-refractivity contribution in [3.63, 3.8) is 0 Å². The molecule has 1 amide bonds. The molecule has 130 valence electrons. The average molecular weight is 369 g/mol. The number of carbonyl (C=O) groups is 2. The summed E-state index contributed by atoms with van der Waals surface area (Å²) in [4.78, 5) is 32.0. The second-order valence-corrected chi connectivity index (χ2v) is 6.19. The number of nitrogens with one attached hydrogen (secondary N) is 1. The highest BCUT2D eigenvalue weighted by Crippen LogP contribution is 2.25. The monoisotopic (exact) mass is 369 g/mol. The molecular formula is C18H12FN3O3S. The number of nitrogens with zero attached hydrogens (tertiary/aromatic N) is 2. The minimum atomic E-state index is -1.01. The summed E-state index contributed by atoms with van der Waals surface area (Å²) in [5.41, 5.74) is 0.878. The maximum atomic E-state index is 12.9. The largest absolute Gasteiger partial charge is 0.478 e. The van der Waals surface area contributed by atoms with E-state index in [1.165, 1.54) is 60.6 Å². The van der Waals surface area contributed by atoms with E-state index in [1.54, 1.807) is 12.1 Å². The zero-order valence-electron chi connectivity index (χ0n) is 13.2. The van der Waals surface area contributed by atoms with E-state index in [-0.39, 0.29) is 16.9 Å².